The fourth-order valence-electron chi connectivity index (χ4n) is 2.32. The minimum absolute atomic E-state index is 0.0668. The van der Waals surface area contributed by atoms with Gasteiger partial charge in [0.2, 0.25) is 0 Å². The highest BCUT2D eigenvalue weighted by molar-refractivity contribution is 6.42. The number of nitrogens with zero attached hydrogens (tertiary/aromatic N) is 2. The molecule has 1 N–H and O–H groups in total. The lowest BCUT2D eigenvalue weighted by atomic mass is 10.2. The van der Waals surface area contributed by atoms with Crippen LogP contribution in [0.5, 0.6) is 5.75 Å². The molecule has 0 aliphatic rings. The summed E-state index contributed by atoms with van der Waals surface area (Å²) in [5, 5.41) is 22.1. The fraction of sp³-hybridized carbons (Fsp3) is 0.294. The third-order valence-corrected chi connectivity index (χ3v) is 4.31. The molecule has 2 aromatic rings. The number of halogens is 2. The van der Waals surface area contributed by atoms with Gasteiger partial charge in [-0.05, 0) is 31.2 Å². The van der Waals surface area contributed by atoms with Crippen molar-refractivity contribution in [2.75, 3.05) is 24.6 Å². The van der Waals surface area contributed by atoms with Crippen LogP contribution < -0.4 is 9.64 Å². The van der Waals surface area contributed by atoms with Gasteiger partial charge in [-0.3, -0.25) is 10.1 Å². The van der Waals surface area contributed by atoms with Gasteiger partial charge in [-0.15, -0.1) is 0 Å². The molecule has 0 fully saturated rings. The van der Waals surface area contributed by atoms with E-state index < -0.39 is 11.0 Å². The van der Waals surface area contributed by atoms with Gasteiger partial charge in [0.15, 0.2) is 5.75 Å². The van der Waals surface area contributed by atoms with Crippen LogP contribution in [-0.2, 0) is 0 Å². The summed E-state index contributed by atoms with van der Waals surface area (Å²) in [6.07, 6.45) is -0.839. The van der Waals surface area contributed by atoms with Gasteiger partial charge in [0.25, 0.3) is 0 Å². The molecule has 6 nitrogen and oxygen atoms in total. The third-order valence-electron chi connectivity index (χ3n) is 3.57. The van der Waals surface area contributed by atoms with E-state index in [0.717, 1.165) is 5.69 Å². The Morgan fingerprint density at radius 2 is 1.96 bits per heavy atom. The molecule has 0 aliphatic heterocycles. The zero-order valence-corrected chi connectivity index (χ0v) is 15.1. The number of para-hydroxylation sites is 2. The number of hydrogen-bond acceptors (Lipinski definition) is 5. The van der Waals surface area contributed by atoms with Gasteiger partial charge in [-0.25, -0.2) is 0 Å². The highest BCUT2D eigenvalue weighted by Crippen LogP contribution is 2.28. The second kappa shape index (κ2) is 8.89. The van der Waals surface area contributed by atoms with Crippen molar-refractivity contribution < 1.29 is 14.8 Å². The summed E-state index contributed by atoms with van der Waals surface area (Å²) in [7, 11) is 0. The molecule has 1 atom stereocenters. The van der Waals surface area contributed by atoms with Crippen molar-refractivity contribution >= 4 is 34.6 Å². The summed E-state index contributed by atoms with van der Waals surface area (Å²) in [4.78, 5) is 12.4. The van der Waals surface area contributed by atoms with Crippen LogP contribution in [0.2, 0.25) is 10.0 Å². The molecule has 0 unspecified atom stereocenters. The van der Waals surface area contributed by atoms with E-state index in [9.17, 15) is 15.2 Å². The maximum Gasteiger partial charge on any atom is 0.310 e. The van der Waals surface area contributed by atoms with Crippen molar-refractivity contribution in [1.82, 2.24) is 0 Å². The van der Waals surface area contributed by atoms with E-state index in [0.29, 0.717) is 16.6 Å². The first-order valence-corrected chi connectivity index (χ1v) is 8.42. The molecule has 2 rings (SSSR count). The van der Waals surface area contributed by atoms with Crippen LogP contribution in [0, 0.1) is 10.1 Å². The van der Waals surface area contributed by atoms with E-state index in [1.807, 2.05) is 17.9 Å². The first-order valence-electron chi connectivity index (χ1n) is 7.66. The van der Waals surface area contributed by atoms with E-state index in [-0.39, 0.29) is 24.6 Å². The molecule has 0 saturated carbocycles. The Kier molecular flexibility index (Phi) is 6.87. The van der Waals surface area contributed by atoms with Gasteiger partial charge in [0, 0.05) is 24.8 Å². The minimum atomic E-state index is -0.839. The average Bonchev–Trinajstić information content (AvgIpc) is 2.60. The number of anilines is 1. The van der Waals surface area contributed by atoms with Gasteiger partial charge in [-0.1, -0.05) is 35.3 Å². The molecule has 25 heavy (non-hydrogen) atoms. The molecule has 0 heterocycles. The highest BCUT2D eigenvalue weighted by atomic mass is 35.5. The molecule has 0 spiro atoms. The SMILES string of the molecule is CCN(C[C@H](O)COc1ccccc1[N+](=O)[O-])c1ccc(Cl)c(Cl)c1. The molecule has 2 aromatic carbocycles. The number of hydrogen-bond donors (Lipinski definition) is 1. The normalized spacial score (nSPS) is 11.8. The van der Waals surface area contributed by atoms with Gasteiger partial charge >= 0.3 is 5.69 Å². The Morgan fingerprint density at radius 3 is 2.60 bits per heavy atom. The number of nitro groups is 1. The predicted molar refractivity (Wildman–Crippen MR) is 98.9 cm³/mol. The molecule has 0 aliphatic carbocycles. The Balaban J connectivity index is 2.00. The Labute approximate surface area is 155 Å². The third kappa shape index (κ3) is 5.22. The molecular formula is C17H18Cl2N2O4. The Morgan fingerprint density at radius 1 is 1.24 bits per heavy atom. The van der Waals surface area contributed by atoms with Gasteiger partial charge in [0.05, 0.1) is 15.0 Å². The van der Waals surface area contributed by atoms with Crippen LogP contribution in [0.3, 0.4) is 0 Å². The first kappa shape index (κ1) is 19.3. The quantitative estimate of drug-likeness (QED) is 0.545. The predicted octanol–water partition coefficient (Wildman–Crippen LogP) is 4.17. The second-order valence-corrected chi connectivity index (χ2v) is 6.14. The number of rotatable bonds is 8. The summed E-state index contributed by atoms with van der Waals surface area (Å²) in [5.41, 5.74) is 0.688. The van der Waals surface area contributed by atoms with E-state index >= 15 is 0 Å². The first-order chi connectivity index (χ1) is 11.9. The van der Waals surface area contributed by atoms with Crippen molar-refractivity contribution in [2.24, 2.45) is 0 Å². The zero-order valence-electron chi connectivity index (χ0n) is 13.6. The van der Waals surface area contributed by atoms with E-state index in [2.05, 4.69) is 0 Å². The van der Waals surface area contributed by atoms with Crippen molar-refractivity contribution in [3.8, 4) is 5.75 Å². The van der Waals surface area contributed by atoms with E-state index in [4.69, 9.17) is 27.9 Å². The fourth-order valence-corrected chi connectivity index (χ4v) is 2.61. The molecule has 134 valence electrons. The average molecular weight is 385 g/mol. The van der Waals surface area contributed by atoms with E-state index in [1.165, 1.54) is 12.1 Å². The largest absolute Gasteiger partial charge is 0.484 e. The van der Waals surface area contributed by atoms with Crippen LogP contribution in [0.15, 0.2) is 42.5 Å². The molecule has 0 saturated heterocycles. The van der Waals surface area contributed by atoms with Crippen LogP contribution in [0.4, 0.5) is 11.4 Å². The smallest absolute Gasteiger partial charge is 0.310 e. The van der Waals surface area contributed by atoms with Crippen LogP contribution in [0.25, 0.3) is 0 Å². The van der Waals surface area contributed by atoms with Crippen molar-refractivity contribution in [3.63, 3.8) is 0 Å². The molecule has 0 bridgehead atoms. The van der Waals surface area contributed by atoms with Crippen LogP contribution >= 0.6 is 23.2 Å². The van der Waals surface area contributed by atoms with Crippen molar-refractivity contribution in [1.29, 1.82) is 0 Å². The lowest BCUT2D eigenvalue weighted by molar-refractivity contribution is -0.385. The van der Waals surface area contributed by atoms with Gasteiger partial charge in [0.1, 0.15) is 12.7 Å². The van der Waals surface area contributed by atoms with Crippen LogP contribution in [0.1, 0.15) is 6.92 Å². The number of aliphatic hydroxyl groups is 1. The van der Waals surface area contributed by atoms with E-state index in [1.54, 1.807) is 24.3 Å². The maximum absolute atomic E-state index is 11.0. The summed E-state index contributed by atoms with van der Waals surface area (Å²) in [6.45, 7) is 2.80. The number of aliphatic hydroxyl groups excluding tert-OH is 1. The summed E-state index contributed by atoms with van der Waals surface area (Å²) >= 11 is 11.9. The topological polar surface area (TPSA) is 75.8 Å². The number of likely N-dealkylation sites (N-methyl/N-ethyl adjacent to an activating group) is 1. The molecule has 8 heteroatoms. The lowest BCUT2D eigenvalue weighted by Crippen LogP contribution is -2.35. The zero-order chi connectivity index (χ0) is 18.4. The maximum atomic E-state index is 11.0. The lowest BCUT2D eigenvalue weighted by Gasteiger charge is -2.26. The highest BCUT2D eigenvalue weighted by Gasteiger charge is 2.17. The second-order valence-electron chi connectivity index (χ2n) is 5.33. The standard InChI is InChI=1S/C17H18Cl2N2O4/c1-2-20(12-7-8-14(18)15(19)9-12)10-13(22)11-25-17-6-4-3-5-16(17)21(23)24/h3-9,13,22H,2,10-11H2,1H3/t13-/m0/s1. The molecule has 0 radical (unpaired) electrons. The molecule has 0 amide bonds. The number of ether oxygens (including phenoxy) is 1. The minimum Gasteiger partial charge on any atom is -0.484 e. The summed E-state index contributed by atoms with van der Waals surface area (Å²) < 4.78 is 5.42. The number of nitro benzene ring substituents is 1. The number of benzene rings is 2. The monoisotopic (exact) mass is 384 g/mol. The van der Waals surface area contributed by atoms with Crippen molar-refractivity contribution in [3.05, 3.63) is 62.6 Å². The van der Waals surface area contributed by atoms with Crippen LogP contribution in [-0.4, -0.2) is 35.8 Å². The summed E-state index contributed by atoms with van der Waals surface area (Å²) in [6, 6.07) is 11.3. The summed E-state index contributed by atoms with van der Waals surface area (Å²) in [5.74, 6) is 0.129. The van der Waals surface area contributed by atoms with Gasteiger partial charge < -0.3 is 14.7 Å². The van der Waals surface area contributed by atoms with Gasteiger partial charge in [-0.2, -0.15) is 0 Å². The molecule has 0 aromatic heterocycles. The Bertz CT molecular complexity index is 742. The Hall–Kier alpha value is -2.02. The van der Waals surface area contributed by atoms with Crippen molar-refractivity contribution in [2.45, 2.75) is 13.0 Å². The molecular weight excluding hydrogens is 367 g/mol.